The Hall–Kier alpha value is -4.01. The van der Waals surface area contributed by atoms with Crippen molar-refractivity contribution in [1.82, 2.24) is 20.4 Å². The monoisotopic (exact) mass is 407 g/mol. The predicted octanol–water partition coefficient (Wildman–Crippen LogP) is 2.24. The average Bonchev–Trinajstić information content (AvgIpc) is 3.15. The maximum atomic E-state index is 12.4. The number of carbonyl (C=O) groups is 2. The van der Waals surface area contributed by atoms with Gasteiger partial charge >= 0.3 is 0 Å². The topological polar surface area (TPSA) is 119 Å². The van der Waals surface area contributed by atoms with Crippen LogP contribution in [0.15, 0.2) is 60.8 Å². The zero-order chi connectivity index (χ0) is 21.5. The predicted molar refractivity (Wildman–Crippen MR) is 111 cm³/mol. The first kappa shape index (κ1) is 20.7. The Bertz CT molecular complexity index is 1050. The molecule has 1 heterocycles. The van der Waals surface area contributed by atoms with E-state index in [-0.39, 0.29) is 23.9 Å². The number of rotatable bonds is 8. The van der Waals surface area contributed by atoms with Gasteiger partial charge in [0.1, 0.15) is 0 Å². The summed E-state index contributed by atoms with van der Waals surface area (Å²) in [5.74, 6) is -0.370. The molecule has 9 heteroatoms. The summed E-state index contributed by atoms with van der Waals surface area (Å²) in [6.45, 7) is 2.08. The van der Waals surface area contributed by atoms with Crippen LogP contribution in [0.1, 0.15) is 12.5 Å². The highest BCUT2D eigenvalue weighted by atomic mass is 16.6. The molecule has 2 N–H and O–H groups in total. The van der Waals surface area contributed by atoms with Crippen LogP contribution in [0, 0.1) is 10.1 Å². The molecule has 154 valence electrons. The number of hydrogen-bond acceptors (Lipinski definition) is 5. The third-order valence-corrected chi connectivity index (χ3v) is 4.33. The Morgan fingerprint density at radius 2 is 1.70 bits per heavy atom. The molecule has 1 aromatic heterocycles. The quantitative estimate of drug-likeness (QED) is 0.337. The van der Waals surface area contributed by atoms with Crippen molar-refractivity contribution >= 4 is 17.5 Å². The van der Waals surface area contributed by atoms with Crippen LogP contribution in [0.2, 0.25) is 0 Å². The molecule has 3 rings (SSSR count). The van der Waals surface area contributed by atoms with E-state index in [1.807, 2.05) is 30.3 Å². The van der Waals surface area contributed by atoms with E-state index >= 15 is 0 Å². The zero-order valence-electron chi connectivity index (χ0n) is 16.4. The van der Waals surface area contributed by atoms with Crippen molar-refractivity contribution in [3.05, 3.63) is 76.5 Å². The molecule has 0 atom stereocenters. The number of para-hydroxylation sites is 1. The Morgan fingerprint density at radius 1 is 1.03 bits per heavy atom. The Kier molecular flexibility index (Phi) is 6.53. The highest BCUT2D eigenvalue weighted by molar-refractivity contribution is 5.81. The van der Waals surface area contributed by atoms with Crippen LogP contribution >= 0.6 is 0 Å². The van der Waals surface area contributed by atoms with E-state index in [9.17, 15) is 19.7 Å². The van der Waals surface area contributed by atoms with Gasteiger partial charge < -0.3 is 10.6 Å². The molecule has 0 bridgehead atoms. The summed E-state index contributed by atoms with van der Waals surface area (Å²) < 4.78 is 1.68. The van der Waals surface area contributed by atoms with E-state index < -0.39 is 4.92 Å². The van der Waals surface area contributed by atoms with Crippen LogP contribution in [-0.2, 0) is 16.0 Å². The van der Waals surface area contributed by atoms with Crippen LogP contribution in [0.25, 0.3) is 16.9 Å². The second-order valence-corrected chi connectivity index (χ2v) is 6.60. The van der Waals surface area contributed by atoms with Crippen molar-refractivity contribution in [2.45, 2.75) is 13.3 Å². The number of nitro groups is 1. The fourth-order valence-electron chi connectivity index (χ4n) is 2.91. The van der Waals surface area contributed by atoms with Crippen LogP contribution in [0.3, 0.4) is 0 Å². The molecule has 0 saturated heterocycles. The molecule has 0 aliphatic rings. The van der Waals surface area contributed by atoms with Gasteiger partial charge in [0.05, 0.1) is 22.7 Å². The van der Waals surface area contributed by atoms with Crippen LogP contribution < -0.4 is 10.6 Å². The summed E-state index contributed by atoms with van der Waals surface area (Å²) in [7, 11) is 0. The van der Waals surface area contributed by atoms with Crippen LogP contribution in [0.4, 0.5) is 5.69 Å². The first-order valence-corrected chi connectivity index (χ1v) is 9.34. The smallest absolute Gasteiger partial charge is 0.269 e. The first-order chi connectivity index (χ1) is 14.4. The van der Waals surface area contributed by atoms with Crippen molar-refractivity contribution in [2.75, 3.05) is 13.1 Å². The van der Waals surface area contributed by atoms with E-state index in [0.29, 0.717) is 29.9 Å². The number of nitro benzene ring substituents is 1. The summed E-state index contributed by atoms with van der Waals surface area (Å²) >= 11 is 0. The maximum absolute atomic E-state index is 12.4. The SMILES string of the molecule is CC(=O)NCCNC(=O)Cc1cn(-c2ccccc2)nc1-c1ccc([N+](=O)[O-])cc1. The van der Waals surface area contributed by atoms with Gasteiger partial charge in [0.2, 0.25) is 11.8 Å². The molecule has 0 aliphatic carbocycles. The van der Waals surface area contributed by atoms with Gasteiger partial charge in [-0.2, -0.15) is 5.10 Å². The minimum absolute atomic E-state index is 0.0153. The summed E-state index contributed by atoms with van der Waals surface area (Å²) in [5, 5.41) is 20.9. The van der Waals surface area contributed by atoms with E-state index in [1.165, 1.54) is 19.1 Å². The zero-order valence-corrected chi connectivity index (χ0v) is 16.4. The molecule has 0 aliphatic heterocycles. The minimum atomic E-state index is -0.463. The minimum Gasteiger partial charge on any atom is -0.355 e. The lowest BCUT2D eigenvalue weighted by molar-refractivity contribution is -0.384. The third kappa shape index (κ3) is 5.28. The van der Waals surface area contributed by atoms with Gasteiger partial charge in [0.25, 0.3) is 5.69 Å². The second kappa shape index (κ2) is 9.46. The third-order valence-electron chi connectivity index (χ3n) is 4.33. The Balaban J connectivity index is 1.84. The van der Waals surface area contributed by atoms with Gasteiger partial charge in [-0.3, -0.25) is 19.7 Å². The van der Waals surface area contributed by atoms with Crippen LogP contribution in [-0.4, -0.2) is 39.6 Å². The lowest BCUT2D eigenvalue weighted by Gasteiger charge is -2.06. The van der Waals surface area contributed by atoms with Gasteiger partial charge in [-0.05, 0) is 24.3 Å². The van der Waals surface area contributed by atoms with E-state index in [1.54, 1.807) is 23.0 Å². The molecule has 2 amide bonds. The number of hydrogen-bond donors (Lipinski definition) is 2. The fourth-order valence-corrected chi connectivity index (χ4v) is 2.91. The van der Waals surface area contributed by atoms with Crippen LogP contribution in [0.5, 0.6) is 0 Å². The molecule has 9 nitrogen and oxygen atoms in total. The van der Waals surface area contributed by atoms with Gasteiger partial charge in [0, 0.05) is 49.5 Å². The summed E-state index contributed by atoms with van der Waals surface area (Å²) in [6, 6.07) is 15.5. The van der Waals surface area contributed by atoms with Crippen molar-refractivity contribution in [1.29, 1.82) is 0 Å². The Labute approximate surface area is 172 Å². The van der Waals surface area contributed by atoms with Gasteiger partial charge in [-0.15, -0.1) is 0 Å². The highest BCUT2D eigenvalue weighted by Gasteiger charge is 2.16. The molecular formula is C21H21N5O4. The molecule has 0 spiro atoms. The van der Waals surface area contributed by atoms with Gasteiger partial charge in [-0.25, -0.2) is 4.68 Å². The number of nitrogens with one attached hydrogen (secondary N) is 2. The Morgan fingerprint density at radius 3 is 2.33 bits per heavy atom. The number of nitrogens with zero attached hydrogens (tertiary/aromatic N) is 3. The first-order valence-electron chi connectivity index (χ1n) is 9.34. The molecule has 0 fully saturated rings. The lowest BCUT2D eigenvalue weighted by Crippen LogP contribution is -2.34. The summed E-state index contributed by atoms with van der Waals surface area (Å²) in [4.78, 5) is 33.7. The van der Waals surface area contributed by atoms with E-state index in [2.05, 4.69) is 15.7 Å². The standard InChI is InChI=1S/C21H21N5O4/c1-15(27)22-11-12-23-20(28)13-17-14-25(18-5-3-2-4-6-18)24-21(17)16-7-9-19(10-8-16)26(29)30/h2-10,14H,11-13H2,1H3,(H,22,27)(H,23,28). The fraction of sp³-hybridized carbons (Fsp3) is 0.190. The number of benzene rings is 2. The number of non-ortho nitro benzene ring substituents is 1. The van der Waals surface area contributed by atoms with Gasteiger partial charge in [-0.1, -0.05) is 18.2 Å². The van der Waals surface area contributed by atoms with Crippen molar-refractivity contribution in [3.63, 3.8) is 0 Å². The molecule has 30 heavy (non-hydrogen) atoms. The second-order valence-electron chi connectivity index (χ2n) is 6.60. The normalized spacial score (nSPS) is 10.4. The number of carbonyl (C=O) groups excluding carboxylic acids is 2. The summed E-state index contributed by atoms with van der Waals surface area (Å²) in [6.07, 6.45) is 1.86. The molecular weight excluding hydrogens is 386 g/mol. The van der Waals surface area contributed by atoms with Crippen molar-refractivity contribution < 1.29 is 14.5 Å². The molecule has 3 aromatic rings. The van der Waals surface area contributed by atoms with E-state index in [4.69, 9.17) is 0 Å². The highest BCUT2D eigenvalue weighted by Crippen LogP contribution is 2.26. The molecule has 2 aromatic carbocycles. The van der Waals surface area contributed by atoms with Crippen molar-refractivity contribution in [3.8, 4) is 16.9 Å². The average molecular weight is 407 g/mol. The van der Waals surface area contributed by atoms with Crippen molar-refractivity contribution in [2.24, 2.45) is 0 Å². The lowest BCUT2D eigenvalue weighted by atomic mass is 10.1. The molecule has 0 radical (unpaired) electrons. The largest absolute Gasteiger partial charge is 0.355 e. The molecule has 0 unspecified atom stereocenters. The number of aromatic nitrogens is 2. The maximum Gasteiger partial charge on any atom is 0.269 e. The van der Waals surface area contributed by atoms with E-state index in [0.717, 1.165) is 5.69 Å². The summed E-state index contributed by atoms with van der Waals surface area (Å²) in [5.41, 5.74) is 2.75. The van der Waals surface area contributed by atoms with Gasteiger partial charge in [0.15, 0.2) is 0 Å². The number of amides is 2. The molecule has 0 saturated carbocycles.